The zero-order chi connectivity index (χ0) is 16.6. The van der Waals surface area contributed by atoms with E-state index >= 15 is 0 Å². The molecule has 4 rings (SSSR count). The van der Waals surface area contributed by atoms with Gasteiger partial charge in [0.15, 0.2) is 0 Å². The summed E-state index contributed by atoms with van der Waals surface area (Å²) in [5, 5.41) is 0. The Morgan fingerprint density at radius 2 is 1.29 bits per heavy atom. The molecule has 4 fully saturated rings. The van der Waals surface area contributed by atoms with Gasteiger partial charge in [0, 0.05) is 0 Å². The Morgan fingerprint density at radius 1 is 0.667 bits per heavy atom. The summed E-state index contributed by atoms with van der Waals surface area (Å²) < 4.78 is 6.89. The number of hydrogen-bond acceptors (Lipinski definition) is 1. The van der Waals surface area contributed by atoms with Crippen molar-refractivity contribution in [2.24, 2.45) is 29.1 Å². The molecule has 138 valence electrons. The first-order valence-corrected chi connectivity index (χ1v) is 11.3. The van der Waals surface area contributed by atoms with Crippen LogP contribution < -0.4 is 0 Å². The van der Waals surface area contributed by atoms with Crippen molar-refractivity contribution in [2.45, 2.75) is 116 Å². The number of hydrogen-bond donors (Lipinski definition) is 0. The molecule has 4 aliphatic rings. The lowest BCUT2D eigenvalue weighted by atomic mass is 9.60. The van der Waals surface area contributed by atoms with Crippen LogP contribution in [0.5, 0.6) is 0 Å². The maximum Gasteiger partial charge on any atom is 0.0615 e. The van der Waals surface area contributed by atoms with Gasteiger partial charge in [0.1, 0.15) is 0 Å². The summed E-state index contributed by atoms with van der Waals surface area (Å²) in [6.45, 7) is 4.96. The van der Waals surface area contributed by atoms with Crippen LogP contribution in [-0.2, 0) is 4.74 Å². The van der Waals surface area contributed by atoms with E-state index in [4.69, 9.17) is 4.74 Å². The van der Waals surface area contributed by atoms with Crippen molar-refractivity contribution in [1.82, 2.24) is 0 Å². The Hall–Kier alpha value is -0.0400. The average molecular weight is 333 g/mol. The molecule has 1 aliphatic heterocycles. The van der Waals surface area contributed by atoms with Crippen LogP contribution in [0.4, 0.5) is 0 Å². The maximum atomic E-state index is 6.89. The standard InChI is InChI=1S/C23H40O/c1-23(2)14-13-19-20(17-9-5-3-6-10-17)15-21(24-22(19)16-23)18-11-7-4-8-12-18/h17-22H,3-16H2,1-2H3. The Balaban J connectivity index is 1.51. The van der Waals surface area contributed by atoms with E-state index in [1.165, 1.54) is 89.9 Å². The van der Waals surface area contributed by atoms with Gasteiger partial charge in [0.2, 0.25) is 0 Å². The summed E-state index contributed by atoms with van der Waals surface area (Å²) in [4.78, 5) is 0. The first-order valence-electron chi connectivity index (χ1n) is 11.3. The highest BCUT2D eigenvalue weighted by atomic mass is 16.5. The topological polar surface area (TPSA) is 9.23 Å². The van der Waals surface area contributed by atoms with Gasteiger partial charge in [0.05, 0.1) is 12.2 Å². The van der Waals surface area contributed by atoms with Gasteiger partial charge in [-0.1, -0.05) is 65.2 Å². The van der Waals surface area contributed by atoms with Crippen molar-refractivity contribution >= 4 is 0 Å². The van der Waals surface area contributed by atoms with Crippen LogP contribution in [-0.4, -0.2) is 12.2 Å². The minimum absolute atomic E-state index is 0.507. The second-order valence-corrected chi connectivity index (χ2v) is 10.5. The van der Waals surface area contributed by atoms with E-state index in [1.54, 1.807) is 0 Å². The molecular weight excluding hydrogens is 292 g/mol. The van der Waals surface area contributed by atoms with Crippen LogP contribution in [0.3, 0.4) is 0 Å². The fourth-order valence-corrected chi connectivity index (χ4v) is 6.82. The second-order valence-electron chi connectivity index (χ2n) is 10.5. The number of ether oxygens (including phenoxy) is 1. The van der Waals surface area contributed by atoms with E-state index in [0.29, 0.717) is 17.6 Å². The predicted octanol–water partition coefficient (Wildman–Crippen LogP) is 6.75. The summed E-state index contributed by atoms with van der Waals surface area (Å²) in [6, 6.07) is 0. The molecule has 1 heteroatoms. The molecule has 24 heavy (non-hydrogen) atoms. The summed E-state index contributed by atoms with van der Waals surface area (Å²) in [7, 11) is 0. The molecule has 0 bridgehead atoms. The van der Waals surface area contributed by atoms with Crippen LogP contribution in [0, 0.1) is 29.1 Å². The molecule has 0 amide bonds. The molecule has 0 radical (unpaired) electrons. The zero-order valence-electron chi connectivity index (χ0n) is 16.3. The van der Waals surface area contributed by atoms with Crippen molar-refractivity contribution < 1.29 is 4.74 Å². The summed E-state index contributed by atoms with van der Waals surface area (Å²) in [6.07, 6.45) is 21.6. The molecule has 0 N–H and O–H groups in total. The summed E-state index contributed by atoms with van der Waals surface area (Å²) in [5.41, 5.74) is 0.507. The molecule has 1 nitrogen and oxygen atoms in total. The zero-order valence-corrected chi connectivity index (χ0v) is 16.3. The summed E-state index contributed by atoms with van der Waals surface area (Å²) >= 11 is 0. The van der Waals surface area contributed by atoms with Crippen LogP contribution >= 0.6 is 0 Å². The fraction of sp³-hybridized carbons (Fsp3) is 1.00. The van der Waals surface area contributed by atoms with Crippen molar-refractivity contribution in [1.29, 1.82) is 0 Å². The summed E-state index contributed by atoms with van der Waals surface area (Å²) in [5.74, 6) is 3.80. The molecule has 0 aromatic heterocycles. The smallest absolute Gasteiger partial charge is 0.0615 e. The number of rotatable bonds is 2. The average Bonchev–Trinajstić information content (AvgIpc) is 2.61. The molecular formula is C23H40O. The third-order valence-electron chi connectivity index (χ3n) is 8.22. The van der Waals surface area contributed by atoms with E-state index < -0.39 is 0 Å². The molecule has 1 heterocycles. The van der Waals surface area contributed by atoms with Gasteiger partial charge in [-0.3, -0.25) is 0 Å². The lowest BCUT2D eigenvalue weighted by molar-refractivity contribution is -0.174. The van der Waals surface area contributed by atoms with Crippen LogP contribution in [0.1, 0.15) is 104 Å². The Morgan fingerprint density at radius 3 is 1.96 bits per heavy atom. The van der Waals surface area contributed by atoms with Crippen molar-refractivity contribution in [3.63, 3.8) is 0 Å². The highest BCUT2D eigenvalue weighted by Crippen LogP contribution is 2.52. The fourth-order valence-electron chi connectivity index (χ4n) is 6.82. The van der Waals surface area contributed by atoms with Crippen molar-refractivity contribution in [2.75, 3.05) is 0 Å². The molecule has 4 atom stereocenters. The highest BCUT2D eigenvalue weighted by molar-refractivity contribution is 4.97. The minimum atomic E-state index is 0.507. The molecule has 3 saturated carbocycles. The van der Waals surface area contributed by atoms with Gasteiger partial charge >= 0.3 is 0 Å². The molecule has 4 unspecified atom stereocenters. The Bertz CT molecular complexity index is 402. The van der Waals surface area contributed by atoms with E-state index in [-0.39, 0.29) is 0 Å². The Labute approximate surface area is 150 Å². The maximum absolute atomic E-state index is 6.89. The van der Waals surface area contributed by atoms with Crippen molar-refractivity contribution in [3.8, 4) is 0 Å². The van der Waals surface area contributed by atoms with E-state index in [0.717, 1.165) is 23.7 Å². The van der Waals surface area contributed by atoms with E-state index in [9.17, 15) is 0 Å². The largest absolute Gasteiger partial charge is 0.374 e. The third kappa shape index (κ3) is 3.71. The van der Waals surface area contributed by atoms with Gasteiger partial charge in [-0.2, -0.15) is 0 Å². The Kier molecular flexibility index (Phi) is 5.28. The van der Waals surface area contributed by atoms with Gasteiger partial charge in [-0.05, 0) is 67.6 Å². The SMILES string of the molecule is CC1(C)CCC2C(C1)OC(C1CCCCC1)CC2C1CCCCC1. The van der Waals surface area contributed by atoms with Gasteiger partial charge in [0.25, 0.3) is 0 Å². The highest BCUT2D eigenvalue weighted by Gasteiger charge is 2.47. The molecule has 0 spiro atoms. The number of fused-ring (bicyclic) bond motifs is 1. The minimum Gasteiger partial charge on any atom is -0.374 e. The second kappa shape index (κ2) is 7.29. The lowest BCUT2D eigenvalue weighted by Gasteiger charge is -2.53. The van der Waals surface area contributed by atoms with Crippen LogP contribution in [0.2, 0.25) is 0 Å². The van der Waals surface area contributed by atoms with E-state index in [2.05, 4.69) is 13.8 Å². The molecule has 3 aliphatic carbocycles. The van der Waals surface area contributed by atoms with Gasteiger partial charge < -0.3 is 4.74 Å². The normalized spacial score (nSPS) is 41.8. The van der Waals surface area contributed by atoms with Crippen molar-refractivity contribution in [3.05, 3.63) is 0 Å². The lowest BCUT2D eigenvalue weighted by Crippen LogP contribution is -2.50. The molecule has 0 aromatic rings. The quantitative estimate of drug-likeness (QED) is 0.543. The molecule has 0 aromatic carbocycles. The van der Waals surface area contributed by atoms with Gasteiger partial charge in [-0.15, -0.1) is 0 Å². The first kappa shape index (κ1) is 17.4. The van der Waals surface area contributed by atoms with Gasteiger partial charge in [-0.25, -0.2) is 0 Å². The molecule has 1 saturated heterocycles. The predicted molar refractivity (Wildman–Crippen MR) is 101 cm³/mol. The third-order valence-corrected chi connectivity index (χ3v) is 8.22. The van der Waals surface area contributed by atoms with Crippen LogP contribution in [0.15, 0.2) is 0 Å². The van der Waals surface area contributed by atoms with E-state index in [1.807, 2.05) is 0 Å². The monoisotopic (exact) mass is 332 g/mol. The van der Waals surface area contributed by atoms with Crippen LogP contribution in [0.25, 0.3) is 0 Å². The first-order chi connectivity index (χ1) is 11.6.